The minimum absolute atomic E-state index is 0.395. The van der Waals surface area contributed by atoms with Crippen LogP contribution in [0.4, 0.5) is 5.69 Å². The van der Waals surface area contributed by atoms with Crippen LogP contribution in [-0.2, 0) is 0 Å². The fourth-order valence-electron chi connectivity index (χ4n) is 3.08. The summed E-state index contributed by atoms with van der Waals surface area (Å²) in [4.78, 5) is 0. The Balaban J connectivity index is 2.08. The molecule has 2 aromatic carbocycles. The molecule has 0 aliphatic carbocycles. The number of fused-ring (bicyclic) bond motifs is 1. The van der Waals surface area contributed by atoms with Crippen molar-refractivity contribution in [3.05, 3.63) is 42.5 Å². The summed E-state index contributed by atoms with van der Waals surface area (Å²) in [5, 5.41) is 2.72. The second-order valence-corrected chi connectivity index (χ2v) is 5.68. The van der Waals surface area contributed by atoms with Crippen molar-refractivity contribution >= 4 is 16.5 Å². The van der Waals surface area contributed by atoms with Crippen molar-refractivity contribution in [3.8, 4) is 0 Å². The van der Waals surface area contributed by atoms with E-state index in [-0.39, 0.29) is 0 Å². The van der Waals surface area contributed by atoms with Crippen molar-refractivity contribution in [2.75, 3.05) is 20.1 Å². The van der Waals surface area contributed by atoms with Gasteiger partial charge in [-0.3, -0.25) is 4.48 Å². The van der Waals surface area contributed by atoms with Gasteiger partial charge in [0.15, 0.2) is 0 Å². The first-order valence-electron chi connectivity index (χ1n) is 6.77. The number of nitrogens with zero attached hydrogens (tertiary/aromatic N) is 1. The molecule has 0 spiro atoms. The molecule has 94 valence electrons. The van der Waals surface area contributed by atoms with Crippen molar-refractivity contribution in [1.82, 2.24) is 4.48 Å². The van der Waals surface area contributed by atoms with E-state index < -0.39 is 0 Å². The number of quaternary nitrogens is 1. The number of piperidine rings is 1. The summed E-state index contributed by atoms with van der Waals surface area (Å²) in [5.74, 6) is 0. The van der Waals surface area contributed by atoms with Crippen molar-refractivity contribution < 1.29 is 0 Å². The molecule has 0 saturated carbocycles. The topological polar surface area (TPSA) is 26.0 Å². The van der Waals surface area contributed by atoms with Gasteiger partial charge in [-0.25, -0.2) is 0 Å². The fraction of sp³-hybridized carbons (Fsp3) is 0.375. The molecule has 1 aliphatic heterocycles. The van der Waals surface area contributed by atoms with E-state index in [1.165, 1.54) is 16.5 Å². The lowest BCUT2D eigenvalue weighted by atomic mass is 10.00. The van der Waals surface area contributed by atoms with Crippen LogP contribution in [-0.4, -0.2) is 26.2 Å². The van der Waals surface area contributed by atoms with Crippen LogP contribution in [0.25, 0.3) is 10.8 Å². The maximum absolute atomic E-state index is 6.04. The molecule has 0 aromatic heterocycles. The molecule has 2 N–H and O–H groups in total. The number of benzene rings is 2. The van der Waals surface area contributed by atoms with Crippen LogP contribution >= 0.6 is 0 Å². The Morgan fingerprint density at radius 2 is 1.67 bits per heavy atom. The van der Waals surface area contributed by atoms with Crippen LogP contribution < -0.4 is 10.2 Å². The molecule has 0 bridgehead atoms. The lowest BCUT2D eigenvalue weighted by molar-refractivity contribution is 0.256. The summed E-state index contributed by atoms with van der Waals surface area (Å²) in [5.41, 5.74) is 7.48. The monoisotopic (exact) mass is 241 g/mol. The summed E-state index contributed by atoms with van der Waals surface area (Å²) < 4.78 is 1.02. The normalized spacial score (nSPS) is 28.4. The van der Waals surface area contributed by atoms with Gasteiger partial charge in [0.05, 0.1) is 20.1 Å². The van der Waals surface area contributed by atoms with E-state index in [4.69, 9.17) is 5.73 Å². The molecule has 1 heterocycles. The highest BCUT2D eigenvalue weighted by Gasteiger charge is 2.31. The van der Waals surface area contributed by atoms with Gasteiger partial charge in [0.25, 0.3) is 0 Å². The fourth-order valence-corrected chi connectivity index (χ4v) is 3.08. The molecule has 0 unspecified atom stereocenters. The average Bonchev–Trinajstić information content (AvgIpc) is 2.42. The standard InChI is InChI=1S/C16H21N2/c1-18(11-9-14(17)10-12-18)16-8-4-6-13-5-2-3-7-15(13)16/h2-8,14H,9-12,17H2,1H3/q+1. The van der Waals surface area contributed by atoms with Gasteiger partial charge >= 0.3 is 0 Å². The largest absolute Gasteiger partial charge is 0.327 e. The molecule has 1 saturated heterocycles. The molecule has 2 nitrogen and oxygen atoms in total. The van der Waals surface area contributed by atoms with E-state index in [9.17, 15) is 0 Å². The number of hydrogen-bond acceptors (Lipinski definition) is 1. The molecule has 0 amide bonds. The van der Waals surface area contributed by atoms with Crippen molar-refractivity contribution in [3.63, 3.8) is 0 Å². The third-order valence-corrected chi connectivity index (χ3v) is 4.34. The van der Waals surface area contributed by atoms with Gasteiger partial charge in [-0.1, -0.05) is 30.3 Å². The van der Waals surface area contributed by atoms with E-state index in [2.05, 4.69) is 49.5 Å². The third kappa shape index (κ3) is 1.92. The highest BCUT2D eigenvalue weighted by atomic mass is 15.3. The average molecular weight is 241 g/mol. The SMILES string of the molecule is C[N+]1(c2cccc3ccccc23)CCC(N)CC1. The van der Waals surface area contributed by atoms with Gasteiger partial charge in [-0.2, -0.15) is 0 Å². The zero-order valence-corrected chi connectivity index (χ0v) is 11.0. The van der Waals surface area contributed by atoms with Crippen LogP contribution in [0.3, 0.4) is 0 Å². The quantitative estimate of drug-likeness (QED) is 0.763. The van der Waals surface area contributed by atoms with Gasteiger partial charge in [-0.05, 0) is 17.5 Å². The van der Waals surface area contributed by atoms with Gasteiger partial charge in [0, 0.05) is 24.3 Å². The number of hydrogen-bond donors (Lipinski definition) is 1. The van der Waals surface area contributed by atoms with E-state index in [1.807, 2.05) is 0 Å². The second kappa shape index (κ2) is 4.38. The van der Waals surface area contributed by atoms with Crippen LogP contribution in [0.5, 0.6) is 0 Å². The minimum Gasteiger partial charge on any atom is -0.327 e. The Labute approximate surface area is 109 Å². The number of likely N-dealkylation sites (tertiary alicyclic amines) is 1. The van der Waals surface area contributed by atoms with E-state index in [0.29, 0.717) is 6.04 Å². The molecular formula is C16H21N2+. The molecule has 1 aliphatic rings. The second-order valence-electron chi connectivity index (χ2n) is 5.68. The van der Waals surface area contributed by atoms with Gasteiger partial charge in [-0.15, -0.1) is 0 Å². The Kier molecular flexibility index (Phi) is 2.84. The van der Waals surface area contributed by atoms with E-state index in [1.54, 1.807) is 0 Å². The molecule has 18 heavy (non-hydrogen) atoms. The van der Waals surface area contributed by atoms with Gasteiger partial charge < -0.3 is 5.73 Å². The van der Waals surface area contributed by atoms with E-state index in [0.717, 1.165) is 30.4 Å². The highest BCUT2D eigenvalue weighted by Crippen LogP contribution is 2.33. The predicted octanol–water partition coefficient (Wildman–Crippen LogP) is 2.90. The third-order valence-electron chi connectivity index (χ3n) is 4.34. The first-order chi connectivity index (χ1) is 8.69. The van der Waals surface area contributed by atoms with Crippen LogP contribution in [0, 0.1) is 0 Å². The lowest BCUT2D eigenvalue weighted by Gasteiger charge is -2.39. The molecular weight excluding hydrogens is 220 g/mol. The van der Waals surface area contributed by atoms with Gasteiger partial charge in [0.2, 0.25) is 0 Å². The van der Waals surface area contributed by atoms with Crippen LogP contribution in [0.15, 0.2) is 42.5 Å². The van der Waals surface area contributed by atoms with E-state index >= 15 is 0 Å². The maximum Gasteiger partial charge on any atom is 0.140 e. The Morgan fingerprint density at radius 3 is 2.44 bits per heavy atom. The Bertz CT molecular complexity index is 549. The van der Waals surface area contributed by atoms with Crippen LogP contribution in [0.1, 0.15) is 12.8 Å². The first-order valence-corrected chi connectivity index (χ1v) is 6.77. The molecule has 2 heteroatoms. The number of nitrogens with two attached hydrogens (primary N) is 1. The van der Waals surface area contributed by atoms with Crippen molar-refractivity contribution in [1.29, 1.82) is 0 Å². The smallest absolute Gasteiger partial charge is 0.140 e. The van der Waals surface area contributed by atoms with Crippen molar-refractivity contribution in [2.24, 2.45) is 5.73 Å². The lowest BCUT2D eigenvalue weighted by Crippen LogP contribution is -2.53. The molecule has 3 rings (SSSR count). The molecule has 0 radical (unpaired) electrons. The summed E-state index contributed by atoms with van der Waals surface area (Å²) in [7, 11) is 2.34. The highest BCUT2D eigenvalue weighted by molar-refractivity contribution is 5.93. The number of rotatable bonds is 1. The zero-order valence-electron chi connectivity index (χ0n) is 11.0. The predicted molar refractivity (Wildman–Crippen MR) is 78.6 cm³/mol. The molecule has 2 aromatic rings. The summed E-state index contributed by atoms with van der Waals surface area (Å²) in [6, 6.07) is 15.7. The summed E-state index contributed by atoms with van der Waals surface area (Å²) >= 11 is 0. The Morgan fingerprint density at radius 1 is 1.00 bits per heavy atom. The molecule has 1 fully saturated rings. The zero-order chi connectivity index (χ0) is 12.6. The van der Waals surface area contributed by atoms with Gasteiger partial charge in [0.1, 0.15) is 5.69 Å². The Hall–Kier alpha value is -1.38. The summed E-state index contributed by atoms with van der Waals surface area (Å²) in [6.07, 6.45) is 2.25. The maximum atomic E-state index is 6.04. The first kappa shape index (κ1) is 11.7. The summed E-state index contributed by atoms with van der Waals surface area (Å²) in [6.45, 7) is 2.30. The van der Waals surface area contributed by atoms with Crippen molar-refractivity contribution in [2.45, 2.75) is 18.9 Å². The minimum atomic E-state index is 0.395. The van der Waals surface area contributed by atoms with Crippen LogP contribution in [0.2, 0.25) is 0 Å². The molecule has 0 atom stereocenters.